The summed E-state index contributed by atoms with van der Waals surface area (Å²) in [5.74, 6) is -0.0615. The van der Waals surface area contributed by atoms with Crippen LogP contribution in [0.25, 0.3) is 0 Å². The van der Waals surface area contributed by atoms with Gasteiger partial charge in [0.2, 0.25) is 5.95 Å². The van der Waals surface area contributed by atoms with Crippen LogP contribution in [0.1, 0.15) is 25.1 Å². The van der Waals surface area contributed by atoms with E-state index in [1.54, 1.807) is 0 Å². The van der Waals surface area contributed by atoms with Crippen LogP contribution in [-0.2, 0) is 12.6 Å². The molecule has 3 N–H and O–H groups in total. The molecule has 1 aromatic carbocycles. The highest BCUT2D eigenvalue weighted by atomic mass is 19.4. The van der Waals surface area contributed by atoms with Crippen molar-refractivity contribution in [3.63, 3.8) is 0 Å². The van der Waals surface area contributed by atoms with E-state index in [9.17, 15) is 18.3 Å². The number of aromatic nitrogens is 2. The van der Waals surface area contributed by atoms with E-state index in [0.29, 0.717) is 13.0 Å². The van der Waals surface area contributed by atoms with Gasteiger partial charge in [-0.2, -0.15) is 18.2 Å². The van der Waals surface area contributed by atoms with E-state index >= 15 is 0 Å². The molecule has 0 saturated heterocycles. The van der Waals surface area contributed by atoms with E-state index in [1.165, 1.54) is 0 Å². The monoisotopic (exact) mass is 368 g/mol. The third-order valence-electron chi connectivity index (χ3n) is 3.90. The minimum absolute atomic E-state index is 0.00707. The SMILES string of the molecule is CC(C)[C@H](CO)Nc1nc(NCCc2ccccc2)cc(C(F)(F)F)n1. The molecule has 5 nitrogen and oxygen atoms in total. The molecule has 0 fully saturated rings. The first-order valence-corrected chi connectivity index (χ1v) is 8.41. The summed E-state index contributed by atoms with van der Waals surface area (Å²) in [5.41, 5.74) is 0.0428. The predicted octanol–water partition coefficient (Wildman–Crippen LogP) is 3.58. The molecule has 0 amide bonds. The fourth-order valence-corrected chi connectivity index (χ4v) is 2.32. The second kappa shape index (κ2) is 8.84. The van der Waals surface area contributed by atoms with Crippen molar-refractivity contribution >= 4 is 11.8 Å². The first-order chi connectivity index (χ1) is 12.3. The standard InChI is InChI=1S/C18H23F3N4O/c1-12(2)14(11-26)23-17-24-15(18(19,20)21)10-16(25-17)22-9-8-13-6-4-3-5-7-13/h3-7,10,12,14,26H,8-9,11H2,1-2H3,(H2,22,23,24,25)/t14-/m0/s1. The number of anilines is 2. The van der Waals surface area contributed by atoms with Gasteiger partial charge in [0.15, 0.2) is 5.69 Å². The van der Waals surface area contributed by atoms with Crippen molar-refractivity contribution in [1.29, 1.82) is 0 Å². The van der Waals surface area contributed by atoms with Crippen LogP contribution >= 0.6 is 0 Å². The fraction of sp³-hybridized carbons (Fsp3) is 0.444. The predicted molar refractivity (Wildman–Crippen MR) is 95.0 cm³/mol. The van der Waals surface area contributed by atoms with Crippen LogP contribution in [0.3, 0.4) is 0 Å². The van der Waals surface area contributed by atoms with Gasteiger partial charge in [0.05, 0.1) is 12.6 Å². The van der Waals surface area contributed by atoms with Crippen molar-refractivity contribution in [2.75, 3.05) is 23.8 Å². The highest BCUT2D eigenvalue weighted by Crippen LogP contribution is 2.30. The lowest BCUT2D eigenvalue weighted by molar-refractivity contribution is -0.141. The third-order valence-corrected chi connectivity index (χ3v) is 3.90. The Morgan fingerprint density at radius 2 is 1.81 bits per heavy atom. The van der Waals surface area contributed by atoms with Gasteiger partial charge in [0.25, 0.3) is 0 Å². The number of rotatable bonds is 8. The molecule has 8 heteroatoms. The molecule has 0 spiro atoms. The second-order valence-electron chi connectivity index (χ2n) is 6.30. The van der Waals surface area contributed by atoms with Gasteiger partial charge in [-0.05, 0) is 17.9 Å². The van der Waals surface area contributed by atoms with Crippen molar-refractivity contribution in [3.8, 4) is 0 Å². The summed E-state index contributed by atoms with van der Waals surface area (Å²) in [6, 6.07) is 10.1. The molecule has 0 bridgehead atoms. The maximum absolute atomic E-state index is 13.1. The lowest BCUT2D eigenvalue weighted by Gasteiger charge is -2.21. The van der Waals surface area contributed by atoms with Crippen molar-refractivity contribution in [1.82, 2.24) is 9.97 Å². The second-order valence-corrected chi connectivity index (χ2v) is 6.30. The van der Waals surface area contributed by atoms with E-state index in [-0.39, 0.29) is 24.3 Å². The zero-order valence-corrected chi connectivity index (χ0v) is 14.7. The topological polar surface area (TPSA) is 70.1 Å². The van der Waals surface area contributed by atoms with Crippen molar-refractivity contribution in [3.05, 3.63) is 47.7 Å². The number of nitrogens with one attached hydrogen (secondary N) is 2. The van der Waals surface area contributed by atoms with Crippen LogP contribution in [0.5, 0.6) is 0 Å². The van der Waals surface area contributed by atoms with Gasteiger partial charge in [0.1, 0.15) is 5.82 Å². The molecule has 1 atom stereocenters. The zero-order valence-electron chi connectivity index (χ0n) is 14.7. The molecule has 0 aliphatic carbocycles. The molecule has 0 aliphatic heterocycles. The number of aliphatic hydroxyl groups excluding tert-OH is 1. The molecule has 1 heterocycles. The van der Waals surface area contributed by atoms with Crippen LogP contribution < -0.4 is 10.6 Å². The summed E-state index contributed by atoms with van der Waals surface area (Å²) in [4.78, 5) is 7.65. The van der Waals surface area contributed by atoms with E-state index in [0.717, 1.165) is 11.6 Å². The van der Waals surface area contributed by atoms with Gasteiger partial charge >= 0.3 is 6.18 Å². The number of aliphatic hydroxyl groups is 1. The smallest absolute Gasteiger partial charge is 0.394 e. The highest BCUT2D eigenvalue weighted by molar-refractivity contribution is 5.43. The molecule has 0 saturated carbocycles. The van der Waals surface area contributed by atoms with Crippen molar-refractivity contribution < 1.29 is 18.3 Å². The van der Waals surface area contributed by atoms with Crippen LogP contribution in [0.4, 0.5) is 24.9 Å². The molecular formula is C18H23F3N4O. The Kier molecular flexibility index (Phi) is 6.79. The molecule has 142 valence electrons. The Hall–Kier alpha value is -2.35. The highest BCUT2D eigenvalue weighted by Gasteiger charge is 2.34. The van der Waals surface area contributed by atoms with Gasteiger partial charge in [0, 0.05) is 12.6 Å². The molecule has 0 aliphatic rings. The van der Waals surface area contributed by atoms with Gasteiger partial charge in [-0.1, -0.05) is 44.2 Å². The lowest BCUT2D eigenvalue weighted by Crippen LogP contribution is -2.31. The van der Waals surface area contributed by atoms with Crippen molar-refractivity contribution in [2.24, 2.45) is 5.92 Å². The molecule has 0 unspecified atom stereocenters. The number of hydrogen-bond acceptors (Lipinski definition) is 5. The Bertz CT molecular complexity index is 693. The van der Waals surface area contributed by atoms with Gasteiger partial charge in [-0.25, -0.2) is 4.98 Å². The molecular weight excluding hydrogens is 345 g/mol. The van der Waals surface area contributed by atoms with E-state index in [2.05, 4.69) is 20.6 Å². The number of halogens is 3. The molecule has 2 rings (SSSR count). The lowest BCUT2D eigenvalue weighted by atomic mass is 10.1. The average Bonchev–Trinajstić information content (AvgIpc) is 2.59. The maximum atomic E-state index is 13.1. The van der Waals surface area contributed by atoms with Crippen LogP contribution in [0, 0.1) is 5.92 Å². The maximum Gasteiger partial charge on any atom is 0.433 e. The minimum Gasteiger partial charge on any atom is -0.394 e. The largest absolute Gasteiger partial charge is 0.433 e. The summed E-state index contributed by atoms with van der Waals surface area (Å²) in [6.45, 7) is 3.90. The van der Waals surface area contributed by atoms with E-state index < -0.39 is 17.9 Å². The first-order valence-electron chi connectivity index (χ1n) is 8.41. The molecule has 26 heavy (non-hydrogen) atoms. The van der Waals surface area contributed by atoms with Gasteiger partial charge in [-0.3, -0.25) is 0 Å². The number of hydrogen-bond donors (Lipinski definition) is 3. The summed E-state index contributed by atoms with van der Waals surface area (Å²) in [6.07, 6.45) is -3.93. The summed E-state index contributed by atoms with van der Waals surface area (Å²) in [7, 11) is 0. The normalized spacial score (nSPS) is 12.9. The number of alkyl halides is 3. The Morgan fingerprint density at radius 3 is 2.38 bits per heavy atom. The van der Waals surface area contributed by atoms with Crippen molar-refractivity contribution in [2.45, 2.75) is 32.5 Å². The summed E-state index contributed by atoms with van der Waals surface area (Å²) >= 11 is 0. The van der Waals surface area contributed by atoms with E-state index in [1.807, 2.05) is 44.2 Å². The summed E-state index contributed by atoms with van der Waals surface area (Å²) in [5, 5.41) is 15.1. The molecule has 1 aromatic heterocycles. The number of nitrogens with zero attached hydrogens (tertiary/aromatic N) is 2. The third kappa shape index (κ3) is 5.87. The fourth-order valence-electron chi connectivity index (χ4n) is 2.32. The summed E-state index contributed by atoms with van der Waals surface area (Å²) < 4.78 is 39.4. The van der Waals surface area contributed by atoms with Crippen LogP contribution in [-0.4, -0.2) is 34.3 Å². The molecule has 0 radical (unpaired) electrons. The average molecular weight is 368 g/mol. The quantitative estimate of drug-likeness (QED) is 0.664. The Labute approximate surface area is 150 Å². The van der Waals surface area contributed by atoms with Gasteiger partial charge in [-0.15, -0.1) is 0 Å². The Balaban J connectivity index is 2.14. The van der Waals surface area contributed by atoms with Crippen LogP contribution in [0.2, 0.25) is 0 Å². The number of benzene rings is 1. The first kappa shape index (κ1) is 20.0. The van der Waals surface area contributed by atoms with Gasteiger partial charge < -0.3 is 15.7 Å². The minimum atomic E-state index is -4.58. The van der Waals surface area contributed by atoms with E-state index in [4.69, 9.17) is 0 Å². The zero-order chi connectivity index (χ0) is 19.2. The Morgan fingerprint density at radius 1 is 1.12 bits per heavy atom. The molecule has 2 aromatic rings. The van der Waals surface area contributed by atoms with Crippen LogP contribution in [0.15, 0.2) is 36.4 Å².